The van der Waals surface area contributed by atoms with E-state index < -0.39 is 0 Å². The zero-order chi connectivity index (χ0) is 15.8. The van der Waals surface area contributed by atoms with Gasteiger partial charge in [-0.1, -0.05) is 41.5 Å². The molecule has 1 nitrogen and oxygen atoms in total. The molecule has 2 aliphatic rings. The lowest BCUT2D eigenvalue weighted by Gasteiger charge is -2.43. The topological polar surface area (TPSA) is 17.1 Å². The average Bonchev–Trinajstić information content (AvgIpc) is 2.37. The largest absolute Gasteiger partial charge is 0.299 e. The molecule has 0 N–H and O–H groups in total. The van der Waals surface area contributed by atoms with Crippen LogP contribution in [0.15, 0.2) is 0 Å². The molecule has 122 valence electrons. The van der Waals surface area contributed by atoms with Crippen LogP contribution in [0.1, 0.15) is 86.5 Å². The predicted molar refractivity (Wildman–Crippen MR) is 90.2 cm³/mol. The van der Waals surface area contributed by atoms with Crippen molar-refractivity contribution in [1.82, 2.24) is 0 Å². The molecule has 0 unspecified atom stereocenters. The quantitative estimate of drug-likeness (QED) is 0.590. The third kappa shape index (κ3) is 4.11. The Kier molecular flexibility index (Phi) is 4.90. The van der Waals surface area contributed by atoms with Gasteiger partial charge in [-0.2, -0.15) is 0 Å². The van der Waals surface area contributed by atoms with E-state index in [0.717, 1.165) is 31.1 Å². The molecule has 2 fully saturated rings. The predicted octanol–water partition coefficient (Wildman–Crippen LogP) is 5.87. The first-order valence-electron chi connectivity index (χ1n) is 9.11. The SMILES string of the molecule is CC(C)(C)C1CCC([C@@H]2C[C@H](C(C)(C)C)CCC2=O)CC1. The molecule has 0 heterocycles. The minimum Gasteiger partial charge on any atom is -0.299 e. The summed E-state index contributed by atoms with van der Waals surface area (Å²) in [6, 6.07) is 0. The number of ketones is 1. The van der Waals surface area contributed by atoms with E-state index in [4.69, 9.17) is 0 Å². The normalized spacial score (nSPS) is 35.8. The molecule has 2 rings (SSSR count). The fraction of sp³-hybridized carbons (Fsp3) is 0.950. The zero-order valence-electron chi connectivity index (χ0n) is 15.2. The van der Waals surface area contributed by atoms with Gasteiger partial charge in [0.05, 0.1) is 0 Å². The van der Waals surface area contributed by atoms with E-state index in [2.05, 4.69) is 41.5 Å². The van der Waals surface area contributed by atoms with Crippen LogP contribution in [0, 0.1) is 34.5 Å². The maximum atomic E-state index is 12.4. The second-order valence-corrected chi connectivity index (χ2v) is 9.89. The summed E-state index contributed by atoms with van der Waals surface area (Å²) in [7, 11) is 0. The van der Waals surface area contributed by atoms with Crippen LogP contribution in [0.25, 0.3) is 0 Å². The average molecular weight is 293 g/mol. The lowest BCUT2D eigenvalue weighted by Crippen LogP contribution is -2.38. The highest BCUT2D eigenvalue weighted by Gasteiger charge is 2.40. The number of rotatable bonds is 1. The molecule has 21 heavy (non-hydrogen) atoms. The zero-order valence-corrected chi connectivity index (χ0v) is 15.2. The third-order valence-electron chi connectivity index (χ3n) is 6.48. The van der Waals surface area contributed by atoms with Gasteiger partial charge in [0.1, 0.15) is 5.78 Å². The van der Waals surface area contributed by atoms with E-state index >= 15 is 0 Å². The Labute approximate surface area is 132 Å². The maximum Gasteiger partial charge on any atom is 0.136 e. The van der Waals surface area contributed by atoms with Crippen LogP contribution < -0.4 is 0 Å². The van der Waals surface area contributed by atoms with Crippen molar-refractivity contribution in [2.24, 2.45) is 34.5 Å². The molecular weight excluding hydrogens is 256 g/mol. The highest BCUT2D eigenvalue weighted by molar-refractivity contribution is 5.82. The van der Waals surface area contributed by atoms with Crippen molar-refractivity contribution in [3.8, 4) is 0 Å². The van der Waals surface area contributed by atoms with E-state index in [1.807, 2.05) is 0 Å². The van der Waals surface area contributed by atoms with Crippen molar-refractivity contribution < 1.29 is 4.79 Å². The summed E-state index contributed by atoms with van der Waals surface area (Å²) in [5, 5.41) is 0. The first-order chi connectivity index (χ1) is 9.59. The van der Waals surface area contributed by atoms with Crippen molar-refractivity contribution in [3.63, 3.8) is 0 Å². The summed E-state index contributed by atoms with van der Waals surface area (Å²) in [6.45, 7) is 14.2. The Hall–Kier alpha value is -0.330. The fourth-order valence-corrected chi connectivity index (χ4v) is 4.69. The van der Waals surface area contributed by atoms with E-state index in [0.29, 0.717) is 28.4 Å². The monoisotopic (exact) mass is 292 g/mol. The summed E-state index contributed by atoms with van der Waals surface area (Å²) in [5.74, 6) is 3.23. The maximum absolute atomic E-state index is 12.4. The van der Waals surface area contributed by atoms with Crippen LogP contribution in [-0.2, 0) is 4.79 Å². The molecule has 0 aromatic rings. The smallest absolute Gasteiger partial charge is 0.136 e. The molecule has 2 atom stereocenters. The molecule has 0 radical (unpaired) electrons. The number of hydrogen-bond donors (Lipinski definition) is 0. The molecule has 0 aromatic heterocycles. The lowest BCUT2D eigenvalue weighted by atomic mass is 9.61. The van der Waals surface area contributed by atoms with Crippen LogP contribution in [-0.4, -0.2) is 5.78 Å². The Morgan fingerprint density at radius 2 is 1.29 bits per heavy atom. The van der Waals surface area contributed by atoms with Gasteiger partial charge in [0.2, 0.25) is 0 Å². The highest BCUT2D eigenvalue weighted by atomic mass is 16.1. The minimum atomic E-state index is 0.363. The van der Waals surface area contributed by atoms with E-state index in [1.165, 1.54) is 25.7 Å². The van der Waals surface area contributed by atoms with Crippen molar-refractivity contribution in [2.45, 2.75) is 86.5 Å². The van der Waals surface area contributed by atoms with Gasteiger partial charge in [0, 0.05) is 12.3 Å². The standard InChI is InChI=1S/C20H36O/c1-19(2,3)15-9-7-14(8-10-15)17-13-16(20(4,5)6)11-12-18(17)21/h14-17H,7-13H2,1-6H3/t14?,15?,16-,17+/m1/s1. The molecule has 0 saturated heterocycles. The lowest BCUT2D eigenvalue weighted by molar-refractivity contribution is -0.129. The van der Waals surface area contributed by atoms with Gasteiger partial charge in [0.15, 0.2) is 0 Å². The van der Waals surface area contributed by atoms with Gasteiger partial charge >= 0.3 is 0 Å². The van der Waals surface area contributed by atoms with E-state index in [1.54, 1.807) is 0 Å². The van der Waals surface area contributed by atoms with Gasteiger partial charge in [-0.3, -0.25) is 4.79 Å². The molecule has 0 bridgehead atoms. The Bertz CT molecular complexity index is 360. The Balaban J connectivity index is 1.97. The van der Waals surface area contributed by atoms with Crippen molar-refractivity contribution in [1.29, 1.82) is 0 Å². The van der Waals surface area contributed by atoms with Crippen molar-refractivity contribution in [3.05, 3.63) is 0 Å². The summed E-state index contributed by atoms with van der Waals surface area (Å²) >= 11 is 0. The van der Waals surface area contributed by atoms with Crippen LogP contribution in [0.2, 0.25) is 0 Å². The van der Waals surface area contributed by atoms with Gasteiger partial charge < -0.3 is 0 Å². The molecule has 2 saturated carbocycles. The number of Topliss-reactive ketones (excluding diaryl/α,β-unsaturated/α-hetero) is 1. The third-order valence-corrected chi connectivity index (χ3v) is 6.48. The molecular formula is C20H36O. The van der Waals surface area contributed by atoms with Gasteiger partial charge in [-0.15, -0.1) is 0 Å². The van der Waals surface area contributed by atoms with Crippen molar-refractivity contribution >= 4 is 5.78 Å². The highest BCUT2D eigenvalue weighted by Crippen LogP contribution is 2.47. The first-order valence-corrected chi connectivity index (χ1v) is 9.11. The number of carbonyl (C=O) groups excluding carboxylic acids is 1. The molecule has 2 aliphatic carbocycles. The Morgan fingerprint density at radius 1 is 0.762 bits per heavy atom. The van der Waals surface area contributed by atoms with Gasteiger partial charge in [-0.25, -0.2) is 0 Å². The molecule has 0 aromatic carbocycles. The fourth-order valence-electron chi connectivity index (χ4n) is 4.69. The van der Waals surface area contributed by atoms with Crippen molar-refractivity contribution in [2.75, 3.05) is 0 Å². The summed E-state index contributed by atoms with van der Waals surface area (Å²) in [4.78, 5) is 12.4. The minimum absolute atomic E-state index is 0.363. The second kappa shape index (κ2) is 6.05. The van der Waals surface area contributed by atoms with Crippen LogP contribution in [0.3, 0.4) is 0 Å². The summed E-state index contributed by atoms with van der Waals surface area (Å²) in [6.07, 6.45) is 8.36. The molecule has 0 spiro atoms. The van der Waals surface area contributed by atoms with E-state index in [-0.39, 0.29) is 0 Å². The van der Waals surface area contributed by atoms with Crippen LogP contribution >= 0.6 is 0 Å². The van der Waals surface area contributed by atoms with Gasteiger partial charge in [0.25, 0.3) is 0 Å². The summed E-state index contributed by atoms with van der Waals surface area (Å²) in [5.41, 5.74) is 0.803. The van der Waals surface area contributed by atoms with Crippen LogP contribution in [0.4, 0.5) is 0 Å². The number of hydrogen-bond acceptors (Lipinski definition) is 1. The van der Waals surface area contributed by atoms with Crippen LogP contribution in [0.5, 0.6) is 0 Å². The Morgan fingerprint density at radius 3 is 1.76 bits per heavy atom. The first kappa shape index (κ1) is 17.0. The summed E-state index contributed by atoms with van der Waals surface area (Å²) < 4.78 is 0. The van der Waals surface area contributed by atoms with E-state index in [9.17, 15) is 4.79 Å². The molecule has 0 amide bonds. The van der Waals surface area contributed by atoms with Gasteiger partial charge in [-0.05, 0) is 67.1 Å². The molecule has 1 heteroatoms. The molecule has 0 aliphatic heterocycles. The second-order valence-electron chi connectivity index (χ2n) is 9.89. The number of carbonyl (C=O) groups is 1.